The molecule has 0 spiro atoms. The second-order valence-corrected chi connectivity index (χ2v) is 7.16. The molecule has 1 fully saturated rings. The number of hydrogen-bond donors (Lipinski definition) is 1. The minimum atomic E-state index is -4.63. The van der Waals surface area contributed by atoms with E-state index in [9.17, 15) is 27.2 Å². The van der Waals surface area contributed by atoms with E-state index in [0.29, 0.717) is 23.1 Å². The first kappa shape index (κ1) is 21.7. The number of halogens is 4. The molecule has 30 heavy (non-hydrogen) atoms. The maximum atomic E-state index is 13.8. The van der Waals surface area contributed by atoms with Gasteiger partial charge in [0.25, 0.3) is 0 Å². The number of pyridine rings is 1. The highest BCUT2D eigenvalue weighted by Crippen LogP contribution is 2.32. The van der Waals surface area contributed by atoms with Gasteiger partial charge in [-0.3, -0.25) is 9.59 Å². The van der Waals surface area contributed by atoms with Crippen molar-refractivity contribution in [3.8, 4) is 5.75 Å². The molecule has 0 unspecified atom stereocenters. The first-order chi connectivity index (χ1) is 14.1. The number of alkyl halides is 3. The van der Waals surface area contributed by atoms with Crippen LogP contribution in [0.15, 0.2) is 30.3 Å². The van der Waals surface area contributed by atoms with Crippen molar-refractivity contribution in [2.75, 3.05) is 11.9 Å². The highest BCUT2D eigenvalue weighted by Gasteiger charge is 2.31. The van der Waals surface area contributed by atoms with Gasteiger partial charge < -0.3 is 10.1 Å². The van der Waals surface area contributed by atoms with Gasteiger partial charge in [0.1, 0.15) is 5.82 Å². The fraction of sp³-hybridized carbons (Fsp3) is 0.381. The van der Waals surface area contributed by atoms with Crippen LogP contribution in [0.2, 0.25) is 0 Å². The van der Waals surface area contributed by atoms with E-state index < -0.39 is 17.6 Å². The topological polar surface area (TPSA) is 68.3 Å². The minimum absolute atomic E-state index is 0.00852. The molecule has 0 saturated heterocycles. The number of nitrogens with one attached hydrogen (secondary N) is 1. The highest BCUT2D eigenvalue weighted by atomic mass is 19.4. The second kappa shape index (κ2) is 8.81. The average Bonchev–Trinajstić information content (AvgIpc) is 3.50. The summed E-state index contributed by atoms with van der Waals surface area (Å²) in [5, 5.41) is 2.70. The van der Waals surface area contributed by atoms with Gasteiger partial charge in [0.2, 0.25) is 5.91 Å². The molecule has 5 nitrogen and oxygen atoms in total. The quantitative estimate of drug-likeness (QED) is 0.370. The number of rotatable bonds is 8. The molecule has 1 heterocycles. The van der Waals surface area contributed by atoms with Gasteiger partial charge in [0.05, 0.1) is 12.2 Å². The molecule has 1 amide bonds. The maximum absolute atomic E-state index is 13.8. The van der Waals surface area contributed by atoms with E-state index in [2.05, 4.69) is 10.3 Å². The summed E-state index contributed by atoms with van der Waals surface area (Å²) in [6.45, 7) is 1.67. The van der Waals surface area contributed by atoms with Gasteiger partial charge >= 0.3 is 6.18 Å². The third-order valence-corrected chi connectivity index (χ3v) is 4.54. The predicted molar refractivity (Wildman–Crippen MR) is 101 cm³/mol. The number of carbonyl (C=O) groups excluding carboxylic acids is 2. The molecule has 0 aliphatic heterocycles. The molecule has 160 valence electrons. The number of ether oxygens (including phenoxy) is 1. The number of anilines is 1. The lowest BCUT2D eigenvalue weighted by Crippen LogP contribution is -2.15. The van der Waals surface area contributed by atoms with E-state index in [1.807, 2.05) is 0 Å². The summed E-state index contributed by atoms with van der Waals surface area (Å²) in [5.41, 5.74) is -0.135. The normalized spacial score (nSPS) is 13.8. The van der Waals surface area contributed by atoms with Crippen molar-refractivity contribution >= 4 is 17.5 Å². The van der Waals surface area contributed by atoms with Crippen LogP contribution >= 0.6 is 0 Å². The molecular formula is C21H20F4N2O3. The van der Waals surface area contributed by atoms with E-state index >= 15 is 0 Å². The largest absolute Gasteiger partial charge is 0.491 e. The van der Waals surface area contributed by atoms with Crippen LogP contribution in [0.4, 0.5) is 23.4 Å². The fourth-order valence-electron chi connectivity index (χ4n) is 2.82. The smallest absolute Gasteiger partial charge is 0.416 e. The summed E-state index contributed by atoms with van der Waals surface area (Å²) in [4.78, 5) is 28.5. The number of aromatic nitrogens is 1. The number of ketones is 1. The van der Waals surface area contributed by atoms with Gasteiger partial charge in [0.15, 0.2) is 17.3 Å². The van der Waals surface area contributed by atoms with Gasteiger partial charge in [-0.1, -0.05) is 0 Å². The van der Waals surface area contributed by atoms with E-state index in [1.54, 1.807) is 13.0 Å². The lowest BCUT2D eigenvalue weighted by atomic mass is 10.1. The van der Waals surface area contributed by atoms with Crippen LogP contribution in [0.3, 0.4) is 0 Å². The number of carbonyl (C=O) groups is 2. The van der Waals surface area contributed by atoms with Gasteiger partial charge in [-0.05, 0) is 56.5 Å². The maximum Gasteiger partial charge on any atom is 0.416 e. The first-order valence-corrected chi connectivity index (χ1v) is 9.46. The van der Waals surface area contributed by atoms with Gasteiger partial charge in [0, 0.05) is 23.6 Å². The Morgan fingerprint density at radius 3 is 2.57 bits per heavy atom. The number of benzene rings is 1. The van der Waals surface area contributed by atoms with Gasteiger partial charge in [-0.25, -0.2) is 9.37 Å². The van der Waals surface area contributed by atoms with Crippen molar-refractivity contribution in [1.29, 1.82) is 0 Å². The summed E-state index contributed by atoms with van der Waals surface area (Å²) in [6, 6.07) is 5.14. The zero-order chi connectivity index (χ0) is 21.9. The summed E-state index contributed by atoms with van der Waals surface area (Å²) in [5.74, 6) is -1.41. The van der Waals surface area contributed by atoms with E-state index in [4.69, 9.17) is 4.74 Å². The molecule has 0 radical (unpaired) electrons. The molecule has 3 rings (SSSR count). The summed E-state index contributed by atoms with van der Waals surface area (Å²) < 4.78 is 56.6. The Labute approximate surface area is 170 Å². The molecule has 1 aromatic carbocycles. The van der Waals surface area contributed by atoms with Crippen LogP contribution in [0, 0.1) is 18.7 Å². The Morgan fingerprint density at radius 1 is 1.20 bits per heavy atom. The van der Waals surface area contributed by atoms with E-state index in [0.717, 1.165) is 25.0 Å². The molecule has 1 aliphatic rings. The predicted octanol–water partition coefficient (Wildman–Crippen LogP) is 4.94. The Bertz CT molecular complexity index is 956. The summed E-state index contributed by atoms with van der Waals surface area (Å²) >= 11 is 0. The molecule has 0 bridgehead atoms. The number of Topliss-reactive ketones (excluding diaryl/α,β-unsaturated/α-hetero) is 1. The van der Waals surface area contributed by atoms with Gasteiger partial charge in [-0.2, -0.15) is 13.2 Å². The lowest BCUT2D eigenvalue weighted by Gasteiger charge is -2.11. The van der Waals surface area contributed by atoms with Crippen molar-refractivity contribution in [3.05, 3.63) is 53.0 Å². The molecule has 2 aromatic rings. The van der Waals surface area contributed by atoms with E-state index in [1.165, 1.54) is 6.07 Å². The molecule has 1 aromatic heterocycles. The first-order valence-electron chi connectivity index (χ1n) is 9.46. The van der Waals surface area contributed by atoms with Crippen LogP contribution < -0.4 is 10.1 Å². The van der Waals surface area contributed by atoms with Gasteiger partial charge in [-0.15, -0.1) is 0 Å². The Hall–Kier alpha value is -2.97. The van der Waals surface area contributed by atoms with Crippen LogP contribution in [0.1, 0.15) is 47.3 Å². The number of amides is 1. The number of nitrogens with zero attached hydrogens (tertiary/aromatic N) is 1. The molecule has 0 atom stereocenters. The third-order valence-electron chi connectivity index (χ3n) is 4.54. The molecule has 1 aliphatic carbocycles. The molecular weight excluding hydrogens is 404 g/mol. The second-order valence-electron chi connectivity index (χ2n) is 7.16. The summed E-state index contributed by atoms with van der Waals surface area (Å²) in [6.07, 6.45) is -2.61. The number of hydrogen-bond acceptors (Lipinski definition) is 4. The molecule has 9 heteroatoms. The average molecular weight is 424 g/mol. The van der Waals surface area contributed by atoms with Crippen molar-refractivity contribution in [3.63, 3.8) is 0 Å². The molecule has 1 N–H and O–H groups in total. The van der Waals surface area contributed by atoms with Crippen LogP contribution in [-0.2, 0) is 11.0 Å². The van der Waals surface area contributed by atoms with Crippen LogP contribution in [0.25, 0.3) is 0 Å². The van der Waals surface area contributed by atoms with Crippen molar-refractivity contribution in [2.45, 2.75) is 38.8 Å². The van der Waals surface area contributed by atoms with Crippen LogP contribution in [0.5, 0.6) is 5.75 Å². The molecule has 1 saturated carbocycles. The Morgan fingerprint density at radius 2 is 1.93 bits per heavy atom. The summed E-state index contributed by atoms with van der Waals surface area (Å²) in [7, 11) is 0. The number of aryl methyl sites for hydroxylation is 1. The minimum Gasteiger partial charge on any atom is -0.491 e. The van der Waals surface area contributed by atoms with E-state index in [-0.39, 0.29) is 42.8 Å². The Kier molecular flexibility index (Phi) is 6.38. The van der Waals surface area contributed by atoms with Crippen molar-refractivity contribution in [1.82, 2.24) is 4.98 Å². The third kappa shape index (κ3) is 5.77. The van der Waals surface area contributed by atoms with Crippen molar-refractivity contribution in [2.24, 2.45) is 5.92 Å². The monoisotopic (exact) mass is 424 g/mol. The Balaban J connectivity index is 1.52. The fourth-order valence-corrected chi connectivity index (χ4v) is 2.82. The highest BCUT2D eigenvalue weighted by molar-refractivity contribution is 5.98. The van der Waals surface area contributed by atoms with Crippen molar-refractivity contribution < 1.29 is 31.9 Å². The standard InChI is InChI=1S/C21H20F4N2O3/c1-12-9-14(10-19(26-12)27-20(29)13-4-5-13)17(28)3-2-8-30-18-7-6-15(11-16(18)22)21(23,24)25/h6-7,9-11,13H,2-5,8H2,1H3,(H,26,27,29). The van der Waals surface area contributed by atoms with Crippen LogP contribution in [-0.4, -0.2) is 23.3 Å². The zero-order valence-electron chi connectivity index (χ0n) is 16.2. The lowest BCUT2D eigenvalue weighted by molar-refractivity contribution is -0.137. The SMILES string of the molecule is Cc1cc(C(=O)CCCOc2ccc(C(F)(F)F)cc2F)cc(NC(=O)C2CC2)n1. The zero-order valence-corrected chi connectivity index (χ0v) is 16.2.